The summed E-state index contributed by atoms with van der Waals surface area (Å²) in [6.45, 7) is 0. The van der Waals surface area contributed by atoms with Crippen molar-refractivity contribution in [2.24, 2.45) is 0 Å². The lowest BCUT2D eigenvalue weighted by Crippen LogP contribution is -2.19. The number of benzene rings is 1. The van der Waals surface area contributed by atoms with Crippen LogP contribution in [0.4, 0.5) is 0 Å². The molecule has 2 aromatic rings. The fourth-order valence-electron chi connectivity index (χ4n) is 1.86. The number of hydrogen-bond donors (Lipinski definition) is 1. The van der Waals surface area contributed by atoms with Crippen LogP contribution >= 0.6 is 15.9 Å². The van der Waals surface area contributed by atoms with Gasteiger partial charge in [-0.05, 0) is 46.6 Å². The quantitative estimate of drug-likeness (QED) is 0.934. The molecule has 2 nitrogen and oxygen atoms in total. The Labute approximate surface area is 110 Å². The third-order valence-corrected chi connectivity index (χ3v) is 3.19. The minimum atomic E-state index is 0.294. The highest BCUT2D eigenvalue weighted by atomic mass is 79.9. The van der Waals surface area contributed by atoms with E-state index in [0.29, 0.717) is 6.04 Å². The summed E-state index contributed by atoms with van der Waals surface area (Å²) in [6.07, 6.45) is 4.68. The fourth-order valence-corrected chi connectivity index (χ4v) is 2.24. The first kappa shape index (κ1) is 12.3. The van der Waals surface area contributed by atoms with E-state index in [1.165, 1.54) is 11.1 Å². The Balaban J connectivity index is 2.17. The second-order valence-electron chi connectivity index (χ2n) is 3.97. The van der Waals surface area contributed by atoms with Crippen molar-refractivity contribution in [1.82, 2.24) is 10.3 Å². The highest BCUT2D eigenvalue weighted by Crippen LogP contribution is 2.20. The van der Waals surface area contributed by atoms with Crippen molar-refractivity contribution in [2.45, 2.75) is 12.5 Å². The van der Waals surface area contributed by atoms with E-state index in [-0.39, 0.29) is 0 Å². The molecule has 0 amide bonds. The molecule has 0 bridgehead atoms. The van der Waals surface area contributed by atoms with Crippen LogP contribution in [0.2, 0.25) is 0 Å². The van der Waals surface area contributed by atoms with Gasteiger partial charge in [0.15, 0.2) is 0 Å². The zero-order chi connectivity index (χ0) is 12.1. The van der Waals surface area contributed by atoms with Gasteiger partial charge in [-0.1, -0.05) is 30.3 Å². The zero-order valence-electron chi connectivity index (χ0n) is 9.73. The van der Waals surface area contributed by atoms with E-state index in [9.17, 15) is 0 Å². The van der Waals surface area contributed by atoms with Gasteiger partial charge in [-0.2, -0.15) is 0 Å². The van der Waals surface area contributed by atoms with E-state index in [0.717, 1.165) is 10.9 Å². The van der Waals surface area contributed by atoms with E-state index in [4.69, 9.17) is 0 Å². The number of nitrogens with zero attached hydrogens (tertiary/aromatic N) is 1. The Morgan fingerprint density at radius 1 is 1.24 bits per heavy atom. The lowest BCUT2D eigenvalue weighted by molar-refractivity contribution is 0.589. The number of likely N-dealkylation sites (N-methyl/N-ethyl adjacent to an activating group) is 1. The van der Waals surface area contributed by atoms with Crippen LogP contribution in [0.15, 0.2) is 53.3 Å². The SMILES string of the molecule is CNC(Cc1ccccc1)c1cncc(Br)c1. The van der Waals surface area contributed by atoms with E-state index in [2.05, 4.69) is 56.6 Å². The minimum Gasteiger partial charge on any atom is -0.313 e. The molecule has 3 heteroatoms. The van der Waals surface area contributed by atoms with Crippen LogP contribution in [0, 0.1) is 0 Å². The van der Waals surface area contributed by atoms with Crippen molar-refractivity contribution in [1.29, 1.82) is 0 Å². The second-order valence-corrected chi connectivity index (χ2v) is 4.88. The van der Waals surface area contributed by atoms with Gasteiger partial charge in [-0.3, -0.25) is 4.98 Å². The molecule has 1 aromatic heterocycles. The number of nitrogens with one attached hydrogen (secondary N) is 1. The third-order valence-electron chi connectivity index (χ3n) is 2.76. The molecule has 0 aliphatic heterocycles. The fraction of sp³-hybridized carbons (Fsp3) is 0.214. The van der Waals surface area contributed by atoms with E-state index in [1.54, 1.807) is 6.20 Å². The lowest BCUT2D eigenvalue weighted by Gasteiger charge is -2.16. The van der Waals surface area contributed by atoms with E-state index < -0.39 is 0 Å². The normalized spacial score (nSPS) is 12.4. The molecule has 1 unspecified atom stereocenters. The second kappa shape index (κ2) is 5.94. The van der Waals surface area contributed by atoms with Crippen molar-refractivity contribution in [3.05, 3.63) is 64.4 Å². The average Bonchev–Trinajstić information content (AvgIpc) is 2.37. The largest absolute Gasteiger partial charge is 0.313 e. The zero-order valence-corrected chi connectivity index (χ0v) is 11.3. The monoisotopic (exact) mass is 290 g/mol. The molecular formula is C14H15BrN2. The standard InChI is InChI=1S/C14H15BrN2/c1-16-14(7-11-5-3-2-4-6-11)12-8-13(15)10-17-9-12/h2-6,8-10,14,16H,7H2,1H3. The van der Waals surface area contributed by atoms with Crippen molar-refractivity contribution >= 4 is 15.9 Å². The predicted molar refractivity (Wildman–Crippen MR) is 73.9 cm³/mol. The molecule has 2 rings (SSSR count). The van der Waals surface area contributed by atoms with E-state index >= 15 is 0 Å². The van der Waals surface area contributed by atoms with Gasteiger partial charge in [0.25, 0.3) is 0 Å². The summed E-state index contributed by atoms with van der Waals surface area (Å²) in [4.78, 5) is 4.21. The molecule has 0 spiro atoms. The first-order valence-electron chi connectivity index (χ1n) is 5.61. The van der Waals surface area contributed by atoms with Gasteiger partial charge in [-0.25, -0.2) is 0 Å². The summed E-state index contributed by atoms with van der Waals surface area (Å²) in [6, 6.07) is 12.9. The van der Waals surface area contributed by atoms with Crippen LogP contribution in [0.25, 0.3) is 0 Å². The van der Waals surface area contributed by atoms with Gasteiger partial charge in [-0.15, -0.1) is 0 Å². The molecular weight excluding hydrogens is 276 g/mol. The molecule has 1 N–H and O–H groups in total. The van der Waals surface area contributed by atoms with Crippen LogP contribution in [0.5, 0.6) is 0 Å². The summed E-state index contributed by atoms with van der Waals surface area (Å²) in [5.74, 6) is 0. The van der Waals surface area contributed by atoms with Crippen molar-refractivity contribution < 1.29 is 0 Å². The number of aromatic nitrogens is 1. The van der Waals surface area contributed by atoms with Gasteiger partial charge in [0, 0.05) is 22.9 Å². The maximum Gasteiger partial charge on any atom is 0.0410 e. The molecule has 0 radical (unpaired) electrons. The first-order valence-corrected chi connectivity index (χ1v) is 6.40. The summed E-state index contributed by atoms with van der Waals surface area (Å²) >= 11 is 3.45. The molecule has 1 aromatic carbocycles. The van der Waals surface area contributed by atoms with Crippen LogP contribution in [-0.4, -0.2) is 12.0 Å². The van der Waals surface area contributed by atoms with Gasteiger partial charge >= 0.3 is 0 Å². The molecule has 0 saturated carbocycles. The third kappa shape index (κ3) is 3.38. The molecule has 1 heterocycles. The Bertz CT molecular complexity index is 471. The molecule has 1 atom stereocenters. The van der Waals surface area contributed by atoms with Gasteiger partial charge < -0.3 is 5.32 Å². The van der Waals surface area contributed by atoms with E-state index in [1.807, 2.05) is 19.3 Å². The molecule has 88 valence electrons. The van der Waals surface area contributed by atoms with Gasteiger partial charge in [0.1, 0.15) is 0 Å². The molecule has 0 aliphatic rings. The molecule has 0 saturated heterocycles. The Morgan fingerprint density at radius 3 is 2.65 bits per heavy atom. The van der Waals surface area contributed by atoms with Crippen LogP contribution in [-0.2, 0) is 6.42 Å². The van der Waals surface area contributed by atoms with Crippen LogP contribution in [0.1, 0.15) is 17.2 Å². The summed E-state index contributed by atoms with van der Waals surface area (Å²) in [7, 11) is 1.98. The van der Waals surface area contributed by atoms with Gasteiger partial charge in [0.2, 0.25) is 0 Å². The lowest BCUT2D eigenvalue weighted by atomic mass is 10.0. The number of pyridine rings is 1. The minimum absolute atomic E-state index is 0.294. The molecule has 17 heavy (non-hydrogen) atoms. The summed E-state index contributed by atoms with van der Waals surface area (Å²) in [5.41, 5.74) is 2.53. The maximum atomic E-state index is 4.21. The highest BCUT2D eigenvalue weighted by molar-refractivity contribution is 9.10. The summed E-state index contributed by atoms with van der Waals surface area (Å²) < 4.78 is 1.02. The molecule has 0 fully saturated rings. The smallest absolute Gasteiger partial charge is 0.0410 e. The van der Waals surface area contributed by atoms with Crippen LogP contribution < -0.4 is 5.32 Å². The van der Waals surface area contributed by atoms with Crippen molar-refractivity contribution in [3.8, 4) is 0 Å². The number of halogens is 1. The Morgan fingerprint density at radius 2 is 2.00 bits per heavy atom. The Hall–Kier alpha value is -1.19. The van der Waals surface area contributed by atoms with Crippen molar-refractivity contribution in [2.75, 3.05) is 7.05 Å². The van der Waals surface area contributed by atoms with Gasteiger partial charge in [0.05, 0.1) is 0 Å². The highest BCUT2D eigenvalue weighted by Gasteiger charge is 2.10. The van der Waals surface area contributed by atoms with Crippen LogP contribution in [0.3, 0.4) is 0 Å². The Kier molecular flexibility index (Phi) is 4.29. The molecule has 0 aliphatic carbocycles. The average molecular weight is 291 g/mol. The van der Waals surface area contributed by atoms with Crippen molar-refractivity contribution in [3.63, 3.8) is 0 Å². The number of rotatable bonds is 4. The first-order chi connectivity index (χ1) is 8.29. The summed E-state index contributed by atoms with van der Waals surface area (Å²) in [5, 5.41) is 3.33. The number of hydrogen-bond acceptors (Lipinski definition) is 2. The predicted octanol–water partition coefficient (Wildman–Crippen LogP) is 3.35. The topological polar surface area (TPSA) is 24.9 Å². The maximum absolute atomic E-state index is 4.21.